The third-order valence-corrected chi connectivity index (χ3v) is 3.55. The molecule has 1 saturated heterocycles. The molecule has 1 fully saturated rings. The van der Waals surface area contributed by atoms with E-state index in [1.54, 1.807) is 11.3 Å². The highest BCUT2D eigenvalue weighted by Gasteiger charge is 2.24. The van der Waals surface area contributed by atoms with Crippen LogP contribution in [0.25, 0.3) is 0 Å². The van der Waals surface area contributed by atoms with Gasteiger partial charge in [0, 0.05) is 24.7 Å². The second kappa shape index (κ2) is 4.38. The minimum Gasteiger partial charge on any atom is -0.393 e. The Bertz CT molecular complexity index is 276. The van der Waals surface area contributed by atoms with Gasteiger partial charge in [-0.15, -0.1) is 11.3 Å². The van der Waals surface area contributed by atoms with Gasteiger partial charge in [0.25, 0.3) is 0 Å². The largest absolute Gasteiger partial charge is 0.393 e. The molecule has 0 bridgehead atoms. The van der Waals surface area contributed by atoms with Crippen LogP contribution in [-0.4, -0.2) is 34.2 Å². The van der Waals surface area contributed by atoms with Crippen molar-refractivity contribution >= 4 is 11.3 Å². The highest BCUT2D eigenvalue weighted by Crippen LogP contribution is 2.19. The van der Waals surface area contributed by atoms with Gasteiger partial charge in [-0.05, 0) is 12.3 Å². The molecule has 1 N–H and O–H groups in total. The van der Waals surface area contributed by atoms with Crippen molar-refractivity contribution in [1.29, 1.82) is 0 Å². The van der Waals surface area contributed by atoms with Crippen LogP contribution in [0.4, 0.5) is 0 Å². The van der Waals surface area contributed by atoms with E-state index >= 15 is 0 Å². The number of likely N-dealkylation sites (tertiary alicyclic amines) is 1. The topological polar surface area (TPSA) is 36.4 Å². The van der Waals surface area contributed by atoms with Crippen LogP contribution in [0, 0.1) is 5.92 Å². The number of nitrogens with zero attached hydrogens (tertiary/aromatic N) is 2. The van der Waals surface area contributed by atoms with Crippen molar-refractivity contribution in [3.8, 4) is 0 Å². The maximum Gasteiger partial charge on any atom is 0.107 e. The molecule has 3 nitrogen and oxygen atoms in total. The number of hydrogen-bond acceptors (Lipinski definition) is 4. The lowest BCUT2D eigenvalue weighted by atomic mass is 9.97. The normalized spacial score (nSPS) is 29.3. The summed E-state index contributed by atoms with van der Waals surface area (Å²) >= 11 is 1.70. The summed E-state index contributed by atoms with van der Waals surface area (Å²) in [5.41, 5.74) is 0. The molecule has 2 unspecified atom stereocenters. The Morgan fingerprint density at radius 2 is 2.57 bits per heavy atom. The van der Waals surface area contributed by atoms with Crippen molar-refractivity contribution in [2.45, 2.75) is 26.0 Å². The number of aromatic nitrogens is 1. The molecular formula is C10H16N2OS. The van der Waals surface area contributed by atoms with Gasteiger partial charge in [-0.1, -0.05) is 6.92 Å². The molecule has 14 heavy (non-hydrogen) atoms. The predicted octanol–water partition coefficient (Wildman–Crippen LogP) is 1.35. The Hall–Kier alpha value is -0.450. The first kappa shape index (κ1) is 10.1. The zero-order valence-corrected chi connectivity index (χ0v) is 9.20. The van der Waals surface area contributed by atoms with Gasteiger partial charge < -0.3 is 5.11 Å². The quantitative estimate of drug-likeness (QED) is 0.804. The fraction of sp³-hybridized carbons (Fsp3) is 0.700. The molecule has 0 saturated carbocycles. The fourth-order valence-electron chi connectivity index (χ4n) is 1.89. The third kappa shape index (κ3) is 2.32. The summed E-state index contributed by atoms with van der Waals surface area (Å²) < 4.78 is 0. The van der Waals surface area contributed by atoms with Gasteiger partial charge in [0.1, 0.15) is 5.01 Å². The zero-order valence-electron chi connectivity index (χ0n) is 8.39. The average Bonchev–Trinajstić information content (AvgIpc) is 2.64. The minimum atomic E-state index is -0.109. The van der Waals surface area contributed by atoms with Crippen LogP contribution in [0.2, 0.25) is 0 Å². The Labute approximate surface area is 88.4 Å². The van der Waals surface area contributed by atoms with Gasteiger partial charge in [0.05, 0.1) is 12.6 Å². The van der Waals surface area contributed by atoms with Gasteiger partial charge >= 0.3 is 0 Å². The lowest BCUT2D eigenvalue weighted by Gasteiger charge is -2.33. The van der Waals surface area contributed by atoms with Crippen LogP contribution < -0.4 is 0 Å². The zero-order chi connectivity index (χ0) is 9.97. The number of aliphatic hydroxyl groups excluding tert-OH is 1. The van der Waals surface area contributed by atoms with Crippen LogP contribution in [0.5, 0.6) is 0 Å². The Kier molecular flexibility index (Phi) is 3.15. The summed E-state index contributed by atoms with van der Waals surface area (Å²) in [4.78, 5) is 6.64. The molecule has 1 aliphatic rings. The molecule has 0 amide bonds. The summed E-state index contributed by atoms with van der Waals surface area (Å²) in [6, 6.07) is 0. The van der Waals surface area contributed by atoms with E-state index in [4.69, 9.17) is 0 Å². The van der Waals surface area contributed by atoms with E-state index in [9.17, 15) is 5.11 Å². The van der Waals surface area contributed by atoms with Crippen LogP contribution in [-0.2, 0) is 6.54 Å². The number of hydrogen-bond donors (Lipinski definition) is 1. The highest BCUT2D eigenvalue weighted by atomic mass is 32.1. The monoisotopic (exact) mass is 212 g/mol. The van der Waals surface area contributed by atoms with Gasteiger partial charge in [0.2, 0.25) is 0 Å². The number of thiazole rings is 1. The molecule has 2 heterocycles. The first-order valence-corrected chi connectivity index (χ1v) is 5.92. The molecule has 2 rings (SSSR count). The average molecular weight is 212 g/mol. The smallest absolute Gasteiger partial charge is 0.107 e. The SMILES string of the molecule is CC1CN(Cc2nccs2)CCC1O. The molecule has 0 radical (unpaired) electrons. The Balaban J connectivity index is 1.88. The molecule has 1 aromatic heterocycles. The maximum absolute atomic E-state index is 9.58. The van der Waals surface area contributed by atoms with Gasteiger partial charge in [-0.25, -0.2) is 4.98 Å². The van der Waals surface area contributed by atoms with Crippen molar-refractivity contribution in [2.24, 2.45) is 5.92 Å². The fourth-order valence-corrected chi connectivity index (χ4v) is 2.54. The molecule has 0 aromatic carbocycles. The summed E-state index contributed by atoms with van der Waals surface area (Å²) in [6.45, 7) is 5.03. The molecule has 2 atom stereocenters. The van der Waals surface area contributed by atoms with E-state index in [0.29, 0.717) is 5.92 Å². The molecule has 1 aromatic rings. The van der Waals surface area contributed by atoms with E-state index in [1.165, 1.54) is 5.01 Å². The Morgan fingerprint density at radius 1 is 1.71 bits per heavy atom. The van der Waals surface area contributed by atoms with Crippen LogP contribution in [0.15, 0.2) is 11.6 Å². The summed E-state index contributed by atoms with van der Waals surface area (Å²) in [5.74, 6) is 0.392. The maximum atomic E-state index is 9.58. The second-order valence-corrected chi connectivity index (χ2v) is 4.97. The van der Waals surface area contributed by atoms with Crippen LogP contribution >= 0.6 is 11.3 Å². The number of rotatable bonds is 2. The van der Waals surface area contributed by atoms with Gasteiger partial charge in [-0.2, -0.15) is 0 Å². The first-order valence-electron chi connectivity index (χ1n) is 5.04. The lowest BCUT2D eigenvalue weighted by molar-refractivity contribution is 0.0320. The number of aliphatic hydroxyl groups is 1. The molecule has 4 heteroatoms. The van der Waals surface area contributed by atoms with E-state index < -0.39 is 0 Å². The van der Waals surface area contributed by atoms with Gasteiger partial charge in [-0.3, -0.25) is 4.90 Å². The molecule has 78 valence electrons. The Morgan fingerprint density at radius 3 is 3.21 bits per heavy atom. The van der Waals surface area contributed by atoms with Crippen molar-refractivity contribution in [2.75, 3.05) is 13.1 Å². The van der Waals surface area contributed by atoms with Crippen molar-refractivity contribution in [3.05, 3.63) is 16.6 Å². The van der Waals surface area contributed by atoms with Crippen molar-refractivity contribution in [1.82, 2.24) is 9.88 Å². The highest BCUT2D eigenvalue weighted by molar-refractivity contribution is 7.09. The molecule has 0 aliphatic carbocycles. The van der Waals surface area contributed by atoms with Crippen molar-refractivity contribution < 1.29 is 5.11 Å². The molecular weight excluding hydrogens is 196 g/mol. The van der Waals surface area contributed by atoms with Gasteiger partial charge in [0.15, 0.2) is 0 Å². The summed E-state index contributed by atoms with van der Waals surface area (Å²) in [5, 5.41) is 12.8. The molecule has 0 spiro atoms. The third-order valence-electron chi connectivity index (χ3n) is 2.79. The second-order valence-electron chi connectivity index (χ2n) is 3.99. The van der Waals surface area contributed by atoms with Crippen molar-refractivity contribution in [3.63, 3.8) is 0 Å². The van der Waals surface area contributed by atoms with E-state index in [0.717, 1.165) is 26.1 Å². The van der Waals surface area contributed by atoms with E-state index in [2.05, 4.69) is 16.8 Å². The lowest BCUT2D eigenvalue weighted by Crippen LogP contribution is -2.41. The summed E-state index contributed by atoms with van der Waals surface area (Å²) in [6.07, 6.45) is 2.64. The van der Waals surface area contributed by atoms with E-state index in [-0.39, 0.29) is 6.10 Å². The predicted molar refractivity (Wildman–Crippen MR) is 57.2 cm³/mol. The van der Waals surface area contributed by atoms with Crippen LogP contribution in [0.3, 0.4) is 0 Å². The first-order chi connectivity index (χ1) is 6.75. The number of piperidine rings is 1. The summed E-state index contributed by atoms with van der Waals surface area (Å²) in [7, 11) is 0. The molecule has 1 aliphatic heterocycles. The van der Waals surface area contributed by atoms with E-state index in [1.807, 2.05) is 11.6 Å². The van der Waals surface area contributed by atoms with Crippen LogP contribution in [0.1, 0.15) is 18.4 Å². The standard InChI is InChI=1S/C10H16N2OS/c1-8-6-12(4-2-9(8)13)7-10-11-3-5-14-10/h3,5,8-9,13H,2,4,6-7H2,1H3. The minimum absolute atomic E-state index is 0.109.